The summed E-state index contributed by atoms with van der Waals surface area (Å²) in [5.41, 5.74) is 6.57. The maximum Gasteiger partial charge on any atom is 0.254 e. The molecule has 0 saturated carbocycles. The van der Waals surface area contributed by atoms with Crippen LogP contribution in [0, 0.1) is 26.7 Å². The molecule has 1 amide bonds. The second-order valence-corrected chi connectivity index (χ2v) is 9.13. The van der Waals surface area contributed by atoms with Gasteiger partial charge in [-0.3, -0.25) is 4.79 Å². The van der Waals surface area contributed by atoms with E-state index >= 15 is 0 Å². The third-order valence-corrected chi connectivity index (χ3v) is 6.96. The molecule has 0 radical (unpaired) electrons. The quantitative estimate of drug-likeness (QED) is 0.481. The van der Waals surface area contributed by atoms with Crippen molar-refractivity contribution in [1.29, 1.82) is 0 Å². The Balaban J connectivity index is 1.37. The Morgan fingerprint density at radius 2 is 1.79 bits per heavy atom. The number of anilines is 2. The summed E-state index contributed by atoms with van der Waals surface area (Å²) >= 11 is 0. The van der Waals surface area contributed by atoms with Crippen LogP contribution in [-0.4, -0.2) is 38.6 Å². The van der Waals surface area contributed by atoms with Gasteiger partial charge < -0.3 is 10.2 Å². The van der Waals surface area contributed by atoms with Crippen molar-refractivity contribution < 1.29 is 4.79 Å². The summed E-state index contributed by atoms with van der Waals surface area (Å²) in [4.78, 5) is 24.4. The number of nitrogens with zero attached hydrogens (tertiary/aromatic N) is 5. The van der Waals surface area contributed by atoms with Crippen LogP contribution in [0.2, 0.25) is 0 Å². The smallest absolute Gasteiger partial charge is 0.254 e. The molecule has 0 spiro atoms. The van der Waals surface area contributed by atoms with Gasteiger partial charge in [0, 0.05) is 42.4 Å². The van der Waals surface area contributed by atoms with E-state index in [1.165, 1.54) is 11.1 Å². The number of carbonyl (C=O) groups excluding carboxylic acids is 1. The van der Waals surface area contributed by atoms with Gasteiger partial charge in [0.25, 0.3) is 5.78 Å². The van der Waals surface area contributed by atoms with Crippen molar-refractivity contribution in [2.45, 2.75) is 40.0 Å². The van der Waals surface area contributed by atoms with Gasteiger partial charge in [-0.25, -0.2) is 4.98 Å². The summed E-state index contributed by atoms with van der Waals surface area (Å²) < 4.78 is 1.85. The largest absolute Gasteiger partial charge is 0.356 e. The Bertz CT molecular complexity index is 1320. The molecule has 4 aromatic rings. The normalized spacial score (nSPS) is 14.5. The minimum atomic E-state index is -0.0112. The number of hydrogen-bond donors (Lipinski definition) is 1. The Labute approximate surface area is 199 Å². The molecule has 7 nitrogen and oxygen atoms in total. The lowest BCUT2D eigenvalue weighted by atomic mass is 9.94. The molecule has 0 bridgehead atoms. The van der Waals surface area contributed by atoms with E-state index in [1.54, 1.807) is 6.33 Å². The number of piperidine rings is 1. The standard InChI is InChI=1S/C27H30N6O/c1-18-8-7-11-24(19(18)2)31-25(34)22-12-14-32(15-13-22)26-23(16-21-9-5-4-6-10-21)20(3)30-27-28-17-29-33(26)27/h4-11,17,22H,12-16H2,1-3H3,(H,31,34). The van der Waals surface area contributed by atoms with Gasteiger partial charge in [0.1, 0.15) is 12.1 Å². The van der Waals surface area contributed by atoms with Crippen molar-refractivity contribution in [3.63, 3.8) is 0 Å². The topological polar surface area (TPSA) is 75.4 Å². The first-order valence-electron chi connectivity index (χ1n) is 11.9. The van der Waals surface area contributed by atoms with Gasteiger partial charge in [0.05, 0.1) is 0 Å². The SMILES string of the molecule is Cc1cccc(NC(=O)C2CCN(c3c(Cc4ccccc4)c(C)nc4ncnn34)CC2)c1C. The summed E-state index contributed by atoms with van der Waals surface area (Å²) in [6.07, 6.45) is 3.91. The van der Waals surface area contributed by atoms with Crippen molar-refractivity contribution in [3.8, 4) is 0 Å². The molecular formula is C27H30N6O. The molecule has 1 N–H and O–H groups in total. The number of nitrogens with one attached hydrogen (secondary N) is 1. The minimum Gasteiger partial charge on any atom is -0.356 e. The Morgan fingerprint density at radius 1 is 1.03 bits per heavy atom. The molecule has 1 aliphatic heterocycles. The van der Waals surface area contributed by atoms with Gasteiger partial charge in [0.15, 0.2) is 0 Å². The van der Waals surface area contributed by atoms with E-state index in [0.717, 1.165) is 60.7 Å². The molecule has 0 aliphatic carbocycles. The Hall–Kier alpha value is -3.74. The molecule has 3 heterocycles. The molecule has 1 fully saturated rings. The van der Waals surface area contributed by atoms with Crippen molar-refractivity contribution in [1.82, 2.24) is 19.6 Å². The highest BCUT2D eigenvalue weighted by Crippen LogP contribution is 2.30. The predicted molar refractivity (Wildman–Crippen MR) is 134 cm³/mol. The summed E-state index contributed by atoms with van der Waals surface area (Å²) in [5.74, 6) is 1.74. The number of amides is 1. The fourth-order valence-electron chi connectivity index (χ4n) is 4.77. The summed E-state index contributed by atoms with van der Waals surface area (Å²) in [6, 6.07) is 16.5. The molecule has 1 saturated heterocycles. The number of benzene rings is 2. The monoisotopic (exact) mass is 454 g/mol. The summed E-state index contributed by atoms with van der Waals surface area (Å²) in [6.45, 7) is 7.73. The maximum absolute atomic E-state index is 13.0. The van der Waals surface area contributed by atoms with Crippen LogP contribution in [0.25, 0.3) is 5.78 Å². The lowest BCUT2D eigenvalue weighted by Crippen LogP contribution is -2.40. The number of aromatic nitrogens is 4. The van der Waals surface area contributed by atoms with Crippen molar-refractivity contribution in [2.75, 3.05) is 23.3 Å². The molecule has 0 atom stereocenters. The number of fused-ring (bicyclic) bond motifs is 1. The second-order valence-electron chi connectivity index (χ2n) is 9.13. The van der Waals surface area contributed by atoms with Gasteiger partial charge in [0.2, 0.25) is 5.91 Å². The van der Waals surface area contributed by atoms with Crippen molar-refractivity contribution >= 4 is 23.2 Å². The molecule has 0 unspecified atom stereocenters. The zero-order chi connectivity index (χ0) is 23.7. The molecule has 2 aromatic carbocycles. The highest BCUT2D eigenvalue weighted by molar-refractivity contribution is 5.93. The molecule has 7 heteroatoms. The third-order valence-electron chi connectivity index (χ3n) is 6.96. The van der Waals surface area contributed by atoms with E-state index in [9.17, 15) is 4.79 Å². The number of aryl methyl sites for hydroxylation is 2. The van der Waals surface area contributed by atoms with Crippen LogP contribution < -0.4 is 10.2 Å². The molecule has 2 aromatic heterocycles. The van der Waals surface area contributed by atoms with Crippen LogP contribution in [0.5, 0.6) is 0 Å². The fourth-order valence-corrected chi connectivity index (χ4v) is 4.77. The first-order valence-corrected chi connectivity index (χ1v) is 11.9. The van der Waals surface area contributed by atoms with Crippen LogP contribution >= 0.6 is 0 Å². The fraction of sp³-hybridized carbons (Fsp3) is 0.333. The maximum atomic E-state index is 13.0. The van der Waals surface area contributed by atoms with Gasteiger partial charge >= 0.3 is 0 Å². The Morgan fingerprint density at radius 3 is 2.56 bits per heavy atom. The van der Waals surface area contributed by atoms with Crippen molar-refractivity contribution in [2.24, 2.45) is 5.92 Å². The third kappa shape index (κ3) is 4.25. The van der Waals surface area contributed by atoms with Gasteiger partial charge in [-0.05, 0) is 56.4 Å². The van der Waals surface area contributed by atoms with E-state index in [2.05, 4.69) is 64.5 Å². The highest BCUT2D eigenvalue weighted by Gasteiger charge is 2.29. The van der Waals surface area contributed by atoms with E-state index in [1.807, 2.05) is 29.6 Å². The molecule has 5 rings (SSSR count). The Kier molecular flexibility index (Phi) is 6.01. The van der Waals surface area contributed by atoms with E-state index in [4.69, 9.17) is 4.98 Å². The number of carbonyl (C=O) groups is 1. The first-order chi connectivity index (χ1) is 16.5. The molecular weight excluding hydrogens is 424 g/mol. The van der Waals surface area contributed by atoms with Crippen LogP contribution in [0.15, 0.2) is 54.9 Å². The number of rotatable bonds is 5. The molecule has 34 heavy (non-hydrogen) atoms. The minimum absolute atomic E-state index is 0.0112. The molecule has 174 valence electrons. The van der Waals surface area contributed by atoms with E-state index in [-0.39, 0.29) is 11.8 Å². The van der Waals surface area contributed by atoms with E-state index in [0.29, 0.717) is 5.78 Å². The summed E-state index contributed by atoms with van der Waals surface area (Å²) in [5, 5.41) is 7.65. The number of hydrogen-bond acceptors (Lipinski definition) is 5. The lowest BCUT2D eigenvalue weighted by Gasteiger charge is -2.34. The second kappa shape index (κ2) is 9.25. The van der Waals surface area contributed by atoms with E-state index < -0.39 is 0 Å². The average molecular weight is 455 g/mol. The predicted octanol–water partition coefficient (Wildman–Crippen LogP) is 4.50. The lowest BCUT2D eigenvalue weighted by molar-refractivity contribution is -0.120. The van der Waals surface area contributed by atoms with Gasteiger partial charge in [-0.2, -0.15) is 14.6 Å². The summed E-state index contributed by atoms with van der Waals surface area (Å²) in [7, 11) is 0. The van der Waals surface area contributed by atoms with Gasteiger partial charge in [-0.15, -0.1) is 0 Å². The average Bonchev–Trinajstić information content (AvgIpc) is 3.31. The van der Waals surface area contributed by atoms with Crippen LogP contribution in [0.1, 0.15) is 40.8 Å². The first kappa shape index (κ1) is 22.1. The zero-order valence-electron chi connectivity index (χ0n) is 20.0. The van der Waals surface area contributed by atoms with Crippen LogP contribution in [-0.2, 0) is 11.2 Å². The zero-order valence-corrected chi connectivity index (χ0v) is 20.0. The van der Waals surface area contributed by atoms with Crippen LogP contribution in [0.3, 0.4) is 0 Å². The van der Waals surface area contributed by atoms with Gasteiger partial charge in [-0.1, -0.05) is 42.5 Å². The molecule has 1 aliphatic rings. The highest BCUT2D eigenvalue weighted by atomic mass is 16.1. The van der Waals surface area contributed by atoms with Crippen molar-refractivity contribution in [3.05, 3.63) is 82.8 Å². The van der Waals surface area contributed by atoms with Crippen LogP contribution in [0.4, 0.5) is 11.5 Å².